The first-order chi connectivity index (χ1) is 9.15. The van der Waals surface area contributed by atoms with E-state index in [-0.39, 0.29) is 0 Å². The molecule has 19 heavy (non-hydrogen) atoms. The van der Waals surface area contributed by atoms with Gasteiger partial charge in [0.25, 0.3) is 0 Å². The lowest BCUT2D eigenvalue weighted by Crippen LogP contribution is -2.34. The zero-order chi connectivity index (χ0) is 13.4. The van der Waals surface area contributed by atoms with Crippen LogP contribution < -0.4 is 4.90 Å². The first-order valence-corrected chi connectivity index (χ1v) is 7.03. The topological polar surface area (TPSA) is 54.2 Å². The molecule has 0 radical (unpaired) electrons. The van der Waals surface area contributed by atoms with E-state index in [2.05, 4.69) is 35.6 Å². The van der Waals surface area contributed by atoms with Gasteiger partial charge in [0.05, 0.1) is 12.6 Å². The van der Waals surface area contributed by atoms with Crippen LogP contribution in [-0.2, 0) is 13.1 Å². The molecule has 0 aliphatic carbocycles. The third-order valence-corrected chi connectivity index (χ3v) is 3.91. The summed E-state index contributed by atoms with van der Waals surface area (Å²) in [5, 5.41) is 18.0. The van der Waals surface area contributed by atoms with Gasteiger partial charge < -0.3 is 14.6 Å². The molecular formula is C13H15BrN4O. The molecule has 1 atom stereocenters. The van der Waals surface area contributed by atoms with E-state index in [4.69, 9.17) is 0 Å². The molecule has 1 N–H and O–H groups in total. The molecule has 0 bridgehead atoms. The molecule has 2 heterocycles. The maximum absolute atomic E-state index is 9.93. The Labute approximate surface area is 120 Å². The molecule has 0 saturated heterocycles. The lowest BCUT2D eigenvalue weighted by Gasteiger charge is -2.31. The normalized spacial score (nSPS) is 16.3. The summed E-state index contributed by atoms with van der Waals surface area (Å²) in [6.07, 6.45) is 1.27. The van der Waals surface area contributed by atoms with Crippen LogP contribution in [0.5, 0.6) is 0 Å². The molecule has 1 aliphatic rings. The number of aliphatic hydroxyl groups is 1. The van der Waals surface area contributed by atoms with Gasteiger partial charge >= 0.3 is 0 Å². The van der Waals surface area contributed by atoms with Crippen LogP contribution in [-0.4, -0.2) is 26.4 Å². The third kappa shape index (κ3) is 2.37. The van der Waals surface area contributed by atoms with Gasteiger partial charge in [0.15, 0.2) is 5.82 Å². The molecule has 6 heteroatoms. The number of fused-ring (bicyclic) bond motifs is 1. The van der Waals surface area contributed by atoms with Gasteiger partial charge in [0, 0.05) is 28.8 Å². The molecule has 100 valence electrons. The summed E-state index contributed by atoms with van der Waals surface area (Å²) in [5.74, 6) is 0.964. The fourth-order valence-corrected chi connectivity index (χ4v) is 2.80. The van der Waals surface area contributed by atoms with Gasteiger partial charge in [-0.05, 0) is 25.1 Å². The van der Waals surface area contributed by atoms with Crippen LogP contribution in [0.2, 0.25) is 0 Å². The largest absolute Gasteiger partial charge is 0.389 e. The summed E-state index contributed by atoms with van der Waals surface area (Å²) < 4.78 is 3.05. The Morgan fingerprint density at radius 3 is 3.00 bits per heavy atom. The zero-order valence-electron chi connectivity index (χ0n) is 10.6. The number of halogens is 1. The summed E-state index contributed by atoms with van der Waals surface area (Å²) >= 11 is 3.45. The second-order valence-corrected chi connectivity index (χ2v) is 5.66. The Bertz CT molecular complexity index is 596. The Hall–Kier alpha value is -1.40. The van der Waals surface area contributed by atoms with Crippen molar-refractivity contribution < 1.29 is 5.11 Å². The fourth-order valence-electron chi connectivity index (χ4n) is 2.42. The van der Waals surface area contributed by atoms with Gasteiger partial charge in [0.2, 0.25) is 0 Å². The highest BCUT2D eigenvalue weighted by Gasteiger charge is 2.21. The van der Waals surface area contributed by atoms with E-state index in [1.807, 2.05) is 18.2 Å². The van der Waals surface area contributed by atoms with E-state index >= 15 is 0 Å². The molecule has 0 spiro atoms. The van der Waals surface area contributed by atoms with E-state index in [9.17, 15) is 5.11 Å². The minimum Gasteiger partial charge on any atom is -0.389 e. The van der Waals surface area contributed by atoms with Gasteiger partial charge in [-0.2, -0.15) is 0 Å². The van der Waals surface area contributed by atoms with Crippen LogP contribution in [0.15, 0.2) is 29.0 Å². The predicted molar refractivity (Wildman–Crippen MR) is 75.8 cm³/mol. The summed E-state index contributed by atoms with van der Waals surface area (Å²) in [5.41, 5.74) is 2.00. The predicted octanol–water partition coefficient (Wildman–Crippen LogP) is 2.11. The van der Waals surface area contributed by atoms with Gasteiger partial charge in [-0.25, -0.2) is 0 Å². The number of aliphatic hydroxyl groups excluding tert-OH is 1. The summed E-state index contributed by atoms with van der Waals surface area (Å²) in [6, 6.07) is 6.01. The molecule has 2 aromatic rings. The van der Waals surface area contributed by atoms with Crippen LogP contribution in [0.4, 0.5) is 5.69 Å². The van der Waals surface area contributed by atoms with Gasteiger partial charge in [-0.3, -0.25) is 0 Å². The van der Waals surface area contributed by atoms with E-state index in [0.717, 1.165) is 41.2 Å². The molecule has 5 nitrogen and oxygen atoms in total. The number of hydrogen-bond donors (Lipinski definition) is 1. The van der Waals surface area contributed by atoms with E-state index < -0.39 is 6.10 Å². The highest BCUT2D eigenvalue weighted by atomic mass is 79.9. The average Bonchev–Trinajstić information content (AvgIpc) is 2.85. The van der Waals surface area contributed by atoms with Crippen LogP contribution in [0.3, 0.4) is 0 Å². The summed E-state index contributed by atoms with van der Waals surface area (Å²) in [7, 11) is 0. The molecule has 1 aromatic heterocycles. The standard InChI is InChI=1S/C13H15BrN4O/c1-9(19)11-6-10(14)2-3-12(11)17-4-5-18-8-15-16-13(18)7-17/h2-3,6,8-9,19H,4-5,7H2,1H3. The first-order valence-electron chi connectivity index (χ1n) is 6.24. The number of anilines is 1. The quantitative estimate of drug-likeness (QED) is 0.920. The van der Waals surface area contributed by atoms with Crippen LogP contribution in [0, 0.1) is 0 Å². The molecule has 3 rings (SSSR count). The summed E-state index contributed by atoms with van der Waals surface area (Å²) in [4.78, 5) is 2.23. The Morgan fingerprint density at radius 2 is 2.21 bits per heavy atom. The lowest BCUT2D eigenvalue weighted by molar-refractivity contribution is 0.199. The van der Waals surface area contributed by atoms with Crippen molar-refractivity contribution in [2.45, 2.75) is 26.1 Å². The fraction of sp³-hybridized carbons (Fsp3) is 0.385. The van der Waals surface area contributed by atoms with Crippen molar-refractivity contribution in [3.05, 3.63) is 40.4 Å². The molecular weight excluding hydrogens is 308 g/mol. The molecule has 0 amide bonds. The molecule has 1 aromatic carbocycles. The molecule has 0 saturated carbocycles. The van der Waals surface area contributed by atoms with E-state index in [0.29, 0.717) is 0 Å². The lowest BCUT2D eigenvalue weighted by atomic mass is 10.1. The Balaban J connectivity index is 1.95. The van der Waals surface area contributed by atoms with Crippen molar-refractivity contribution in [1.82, 2.24) is 14.8 Å². The van der Waals surface area contributed by atoms with Crippen LogP contribution >= 0.6 is 15.9 Å². The van der Waals surface area contributed by atoms with Gasteiger partial charge in [-0.15, -0.1) is 10.2 Å². The number of rotatable bonds is 2. The number of aromatic nitrogens is 3. The van der Waals surface area contributed by atoms with Crippen LogP contribution in [0.25, 0.3) is 0 Å². The second kappa shape index (κ2) is 4.94. The monoisotopic (exact) mass is 322 g/mol. The van der Waals surface area contributed by atoms with Crippen molar-refractivity contribution >= 4 is 21.6 Å². The van der Waals surface area contributed by atoms with Crippen molar-refractivity contribution in [3.63, 3.8) is 0 Å². The number of hydrogen-bond acceptors (Lipinski definition) is 4. The minimum atomic E-state index is -0.493. The van der Waals surface area contributed by atoms with Gasteiger partial charge in [0.1, 0.15) is 6.33 Å². The van der Waals surface area contributed by atoms with Crippen LogP contribution in [0.1, 0.15) is 24.4 Å². The van der Waals surface area contributed by atoms with E-state index in [1.54, 1.807) is 13.3 Å². The third-order valence-electron chi connectivity index (χ3n) is 3.42. The molecule has 1 unspecified atom stereocenters. The maximum Gasteiger partial charge on any atom is 0.152 e. The molecule has 1 aliphatic heterocycles. The highest BCUT2D eigenvalue weighted by molar-refractivity contribution is 9.10. The Kier molecular flexibility index (Phi) is 3.28. The second-order valence-electron chi connectivity index (χ2n) is 4.74. The number of nitrogens with zero attached hydrogens (tertiary/aromatic N) is 4. The van der Waals surface area contributed by atoms with Gasteiger partial charge in [-0.1, -0.05) is 15.9 Å². The van der Waals surface area contributed by atoms with E-state index in [1.165, 1.54) is 0 Å². The zero-order valence-corrected chi connectivity index (χ0v) is 12.2. The summed E-state index contributed by atoms with van der Waals surface area (Å²) in [6.45, 7) is 4.28. The van der Waals surface area contributed by atoms with Crippen molar-refractivity contribution in [1.29, 1.82) is 0 Å². The van der Waals surface area contributed by atoms with Crippen molar-refractivity contribution in [3.8, 4) is 0 Å². The maximum atomic E-state index is 9.93. The first kappa shape index (κ1) is 12.6. The smallest absolute Gasteiger partial charge is 0.152 e. The number of benzene rings is 1. The average molecular weight is 323 g/mol. The molecule has 0 fully saturated rings. The van der Waals surface area contributed by atoms with Crippen molar-refractivity contribution in [2.24, 2.45) is 0 Å². The SMILES string of the molecule is CC(O)c1cc(Br)ccc1N1CCn2cnnc2C1. The van der Waals surface area contributed by atoms with Crippen molar-refractivity contribution in [2.75, 3.05) is 11.4 Å². The Morgan fingerprint density at radius 1 is 1.37 bits per heavy atom. The highest BCUT2D eigenvalue weighted by Crippen LogP contribution is 2.31. The minimum absolute atomic E-state index is 0.493.